The summed E-state index contributed by atoms with van der Waals surface area (Å²) in [5.74, 6) is -0.827. The summed E-state index contributed by atoms with van der Waals surface area (Å²) < 4.78 is 25.9. The fourth-order valence-electron chi connectivity index (χ4n) is 1.73. The lowest BCUT2D eigenvalue weighted by molar-refractivity contribution is 0.0981. The zero-order chi connectivity index (χ0) is 14.6. The number of hydrogen-bond acceptors (Lipinski definition) is 3. The van der Waals surface area contributed by atoms with Crippen molar-refractivity contribution in [2.24, 2.45) is 0 Å². The molecular weight excluding hydrogens is 274 g/mol. The number of nitrogens with one attached hydrogen (secondary N) is 1. The standard InChI is InChI=1S/C15H15NO3S/c1-12-7-9-14(10-8-12)15(17)16-20(18,19)11-13-5-3-2-4-6-13/h2-10H,11H2,1H3,(H,16,17). The summed E-state index contributed by atoms with van der Waals surface area (Å²) in [5, 5.41) is 0. The molecule has 1 N–H and O–H groups in total. The first-order valence-corrected chi connectivity index (χ1v) is 7.77. The van der Waals surface area contributed by atoms with Gasteiger partial charge in [-0.1, -0.05) is 48.0 Å². The smallest absolute Gasteiger partial charge is 0.264 e. The van der Waals surface area contributed by atoms with Gasteiger partial charge >= 0.3 is 0 Å². The van der Waals surface area contributed by atoms with Crippen molar-refractivity contribution in [3.8, 4) is 0 Å². The number of hydrogen-bond donors (Lipinski definition) is 1. The van der Waals surface area contributed by atoms with E-state index in [1.165, 1.54) is 0 Å². The van der Waals surface area contributed by atoms with Crippen LogP contribution in [0.5, 0.6) is 0 Å². The molecule has 0 aromatic heterocycles. The summed E-state index contributed by atoms with van der Waals surface area (Å²) >= 11 is 0. The van der Waals surface area contributed by atoms with Crippen molar-refractivity contribution in [1.29, 1.82) is 0 Å². The molecule has 2 aromatic rings. The molecule has 1 amide bonds. The predicted octanol–water partition coefficient (Wildman–Crippen LogP) is 2.25. The third-order valence-electron chi connectivity index (χ3n) is 2.76. The fourth-order valence-corrected chi connectivity index (χ4v) is 2.84. The largest absolute Gasteiger partial charge is 0.268 e. The van der Waals surface area contributed by atoms with Crippen molar-refractivity contribution >= 4 is 15.9 Å². The molecule has 5 heteroatoms. The number of rotatable bonds is 4. The maximum atomic E-state index is 11.9. The second-order valence-corrected chi connectivity index (χ2v) is 6.26. The molecule has 0 saturated carbocycles. The van der Waals surface area contributed by atoms with E-state index in [9.17, 15) is 13.2 Å². The van der Waals surface area contributed by atoms with E-state index in [0.29, 0.717) is 11.1 Å². The van der Waals surface area contributed by atoms with Crippen LogP contribution in [0.2, 0.25) is 0 Å². The van der Waals surface area contributed by atoms with E-state index < -0.39 is 15.9 Å². The number of carbonyl (C=O) groups is 1. The molecule has 0 spiro atoms. The third kappa shape index (κ3) is 3.93. The number of amides is 1. The minimum atomic E-state index is -3.69. The first-order valence-electron chi connectivity index (χ1n) is 6.12. The number of benzene rings is 2. The van der Waals surface area contributed by atoms with Gasteiger partial charge in [0, 0.05) is 5.56 Å². The van der Waals surface area contributed by atoms with Crippen LogP contribution in [0.25, 0.3) is 0 Å². The van der Waals surface area contributed by atoms with Crippen LogP contribution in [0, 0.1) is 6.92 Å². The van der Waals surface area contributed by atoms with Gasteiger partial charge in [0.05, 0.1) is 5.75 Å². The summed E-state index contributed by atoms with van der Waals surface area (Å²) in [6, 6.07) is 15.5. The Morgan fingerprint density at radius 3 is 2.20 bits per heavy atom. The van der Waals surface area contributed by atoms with Crippen LogP contribution < -0.4 is 4.72 Å². The minimum Gasteiger partial charge on any atom is -0.268 e. The van der Waals surface area contributed by atoms with Crippen LogP contribution in [0.3, 0.4) is 0 Å². The molecule has 0 saturated heterocycles. The lowest BCUT2D eigenvalue weighted by Crippen LogP contribution is -2.31. The van der Waals surface area contributed by atoms with Crippen molar-refractivity contribution in [2.75, 3.05) is 0 Å². The van der Waals surface area contributed by atoms with Gasteiger partial charge in [-0.05, 0) is 24.6 Å². The van der Waals surface area contributed by atoms with E-state index in [1.807, 2.05) is 6.92 Å². The van der Waals surface area contributed by atoms with Crippen molar-refractivity contribution in [1.82, 2.24) is 4.72 Å². The lowest BCUT2D eigenvalue weighted by atomic mass is 10.1. The first kappa shape index (κ1) is 14.3. The van der Waals surface area contributed by atoms with Crippen molar-refractivity contribution in [3.05, 3.63) is 71.3 Å². The monoisotopic (exact) mass is 289 g/mol. The molecule has 0 bridgehead atoms. The minimum absolute atomic E-state index is 0.217. The van der Waals surface area contributed by atoms with E-state index >= 15 is 0 Å². The van der Waals surface area contributed by atoms with Gasteiger partial charge in [-0.3, -0.25) is 4.79 Å². The van der Waals surface area contributed by atoms with Crippen LogP contribution in [-0.4, -0.2) is 14.3 Å². The Bertz CT molecular complexity index is 692. The van der Waals surface area contributed by atoms with Gasteiger partial charge in [-0.2, -0.15) is 0 Å². The number of sulfonamides is 1. The highest BCUT2D eigenvalue weighted by molar-refractivity contribution is 7.89. The number of carbonyl (C=O) groups excluding carboxylic acids is 1. The zero-order valence-corrected chi connectivity index (χ0v) is 11.9. The van der Waals surface area contributed by atoms with Crippen LogP contribution in [0.15, 0.2) is 54.6 Å². The zero-order valence-electron chi connectivity index (χ0n) is 11.0. The third-order valence-corrected chi connectivity index (χ3v) is 3.97. The lowest BCUT2D eigenvalue weighted by Gasteiger charge is -2.07. The Hall–Kier alpha value is -2.14. The molecule has 0 aliphatic rings. The molecule has 2 rings (SSSR count). The highest BCUT2D eigenvalue weighted by Gasteiger charge is 2.16. The second kappa shape index (κ2) is 5.88. The maximum absolute atomic E-state index is 11.9. The van der Waals surface area contributed by atoms with Gasteiger partial charge in [0.25, 0.3) is 5.91 Å². The average molecular weight is 289 g/mol. The van der Waals surface area contributed by atoms with E-state index in [1.54, 1.807) is 54.6 Å². The Morgan fingerprint density at radius 2 is 1.60 bits per heavy atom. The summed E-state index contributed by atoms with van der Waals surface area (Å²) in [7, 11) is -3.69. The Morgan fingerprint density at radius 1 is 1.00 bits per heavy atom. The summed E-state index contributed by atoms with van der Waals surface area (Å²) in [6.07, 6.45) is 0. The SMILES string of the molecule is Cc1ccc(C(=O)NS(=O)(=O)Cc2ccccc2)cc1. The molecule has 0 fully saturated rings. The summed E-state index contributed by atoms with van der Waals surface area (Å²) in [6.45, 7) is 1.90. The molecule has 0 atom stereocenters. The Balaban J connectivity index is 2.08. The molecule has 0 radical (unpaired) electrons. The molecule has 2 aromatic carbocycles. The molecule has 104 valence electrons. The van der Waals surface area contributed by atoms with E-state index in [4.69, 9.17) is 0 Å². The van der Waals surface area contributed by atoms with Crippen LogP contribution >= 0.6 is 0 Å². The normalized spacial score (nSPS) is 11.1. The molecule has 20 heavy (non-hydrogen) atoms. The molecular formula is C15H15NO3S. The maximum Gasteiger partial charge on any atom is 0.264 e. The second-order valence-electron chi connectivity index (χ2n) is 4.54. The summed E-state index contributed by atoms with van der Waals surface area (Å²) in [4.78, 5) is 11.9. The quantitative estimate of drug-likeness (QED) is 0.939. The average Bonchev–Trinajstić information content (AvgIpc) is 2.39. The van der Waals surface area contributed by atoms with E-state index in [0.717, 1.165) is 5.56 Å². The molecule has 4 nitrogen and oxygen atoms in total. The summed E-state index contributed by atoms with van der Waals surface area (Å²) in [5.41, 5.74) is 1.97. The van der Waals surface area contributed by atoms with Crippen LogP contribution in [0.1, 0.15) is 21.5 Å². The molecule has 0 aliphatic carbocycles. The van der Waals surface area contributed by atoms with Crippen LogP contribution in [-0.2, 0) is 15.8 Å². The van der Waals surface area contributed by atoms with Crippen molar-refractivity contribution < 1.29 is 13.2 Å². The first-order chi connectivity index (χ1) is 9.46. The number of aryl methyl sites for hydroxylation is 1. The van der Waals surface area contributed by atoms with Crippen LogP contribution in [0.4, 0.5) is 0 Å². The van der Waals surface area contributed by atoms with Crippen molar-refractivity contribution in [3.63, 3.8) is 0 Å². The van der Waals surface area contributed by atoms with Gasteiger partial charge in [0.1, 0.15) is 0 Å². The van der Waals surface area contributed by atoms with E-state index in [2.05, 4.69) is 4.72 Å². The Labute approximate surface area is 118 Å². The van der Waals surface area contributed by atoms with E-state index in [-0.39, 0.29) is 5.75 Å². The fraction of sp³-hybridized carbons (Fsp3) is 0.133. The van der Waals surface area contributed by atoms with Gasteiger partial charge in [-0.25, -0.2) is 13.1 Å². The van der Waals surface area contributed by atoms with Gasteiger partial charge < -0.3 is 0 Å². The van der Waals surface area contributed by atoms with Gasteiger partial charge in [-0.15, -0.1) is 0 Å². The van der Waals surface area contributed by atoms with Crippen molar-refractivity contribution in [2.45, 2.75) is 12.7 Å². The topological polar surface area (TPSA) is 63.2 Å². The van der Waals surface area contributed by atoms with Gasteiger partial charge in [0.2, 0.25) is 10.0 Å². The molecule has 0 unspecified atom stereocenters. The van der Waals surface area contributed by atoms with Gasteiger partial charge in [0.15, 0.2) is 0 Å². The highest BCUT2D eigenvalue weighted by Crippen LogP contribution is 2.07. The predicted molar refractivity (Wildman–Crippen MR) is 77.7 cm³/mol. The Kier molecular flexibility index (Phi) is 4.20. The highest BCUT2D eigenvalue weighted by atomic mass is 32.2. The molecule has 0 heterocycles. The molecule has 0 aliphatic heterocycles.